The summed E-state index contributed by atoms with van der Waals surface area (Å²) >= 11 is 0. The number of carbonyl (C=O) groups is 2. The monoisotopic (exact) mass is 418 g/mol. The fourth-order valence-electron chi connectivity index (χ4n) is 2.97. The Labute approximate surface area is 172 Å². The molecule has 4 N–H and O–H groups in total. The Morgan fingerprint density at radius 3 is 2.27 bits per heavy atom. The van der Waals surface area contributed by atoms with Gasteiger partial charge in [-0.3, -0.25) is 4.79 Å². The molecule has 1 fully saturated rings. The van der Waals surface area contributed by atoms with Gasteiger partial charge >= 0.3 is 11.9 Å². The summed E-state index contributed by atoms with van der Waals surface area (Å²) in [5.41, 5.74) is 0.550. The fraction of sp³-hybridized carbons (Fsp3) is 0.333. The predicted octanol–water partition coefficient (Wildman–Crippen LogP) is 1.02. The lowest BCUT2D eigenvalue weighted by atomic mass is 9.98. The van der Waals surface area contributed by atoms with Crippen LogP contribution in [-0.4, -0.2) is 63.1 Å². The number of rotatable bonds is 6. The van der Waals surface area contributed by atoms with Crippen molar-refractivity contribution in [2.45, 2.75) is 43.5 Å². The molecule has 9 nitrogen and oxygen atoms in total. The Bertz CT molecular complexity index is 885. The number of benzene rings is 2. The Morgan fingerprint density at radius 2 is 1.60 bits per heavy atom. The first-order chi connectivity index (χ1) is 14.3. The van der Waals surface area contributed by atoms with Crippen molar-refractivity contribution in [1.82, 2.24) is 0 Å². The number of hydrogen-bond donors (Lipinski definition) is 4. The molecule has 9 heteroatoms. The molecule has 0 aliphatic carbocycles. The minimum absolute atomic E-state index is 0.497. The van der Waals surface area contributed by atoms with Crippen molar-refractivity contribution < 1.29 is 44.2 Å². The molecular formula is C21H22O9. The SMILES string of the molecule is CC(C(=O)OC1OC(C(=O)O)C(O)C(O)C1O)c1cccc(Oc2ccccc2)c1. The number of ether oxygens (including phenoxy) is 3. The second-order valence-corrected chi connectivity index (χ2v) is 6.88. The van der Waals surface area contributed by atoms with E-state index in [0.29, 0.717) is 17.1 Å². The van der Waals surface area contributed by atoms with Crippen molar-refractivity contribution in [1.29, 1.82) is 0 Å². The van der Waals surface area contributed by atoms with Crippen LogP contribution in [0, 0.1) is 0 Å². The first-order valence-electron chi connectivity index (χ1n) is 9.23. The highest BCUT2D eigenvalue weighted by molar-refractivity contribution is 5.78. The minimum Gasteiger partial charge on any atom is -0.479 e. The maximum absolute atomic E-state index is 12.5. The standard InChI is InChI=1S/C21H22O9/c1-11(12-6-5-9-14(10-12)28-13-7-3-2-4-8-13)20(27)30-21-17(24)15(22)16(23)18(29-21)19(25)26/h2-11,15-18,21-24H,1H3,(H,25,26). The van der Waals surface area contributed by atoms with Gasteiger partial charge in [-0.15, -0.1) is 0 Å². The summed E-state index contributed by atoms with van der Waals surface area (Å²) in [6, 6.07) is 15.8. The number of carboxylic acids is 1. The van der Waals surface area contributed by atoms with Crippen LogP contribution < -0.4 is 4.74 Å². The third-order valence-corrected chi connectivity index (χ3v) is 4.74. The fourth-order valence-corrected chi connectivity index (χ4v) is 2.97. The predicted molar refractivity (Wildman–Crippen MR) is 102 cm³/mol. The van der Waals surface area contributed by atoms with E-state index >= 15 is 0 Å². The Kier molecular flexibility index (Phi) is 6.68. The van der Waals surface area contributed by atoms with Gasteiger partial charge in [0.15, 0.2) is 6.10 Å². The topological polar surface area (TPSA) is 143 Å². The van der Waals surface area contributed by atoms with Gasteiger partial charge in [0.25, 0.3) is 0 Å². The van der Waals surface area contributed by atoms with Gasteiger partial charge in [0.1, 0.15) is 29.8 Å². The van der Waals surface area contributed by atoms with E-state index in [2.05, 4.69) is 0 Å². The van der Waals surface area contributed by atoms with E-state index in [1.807, 2.05) is 18.2 Å². The van der Waals surface area contributed by atoms with Crippen LogP contribution in [-0.2, 0) is 19.1 Å². The van der Waals surface area contributed by atoms with Gasteiger partial charge in [-0.1, -0.05) is 30.3 Å². The highest BCUT2D eigenvalue weighted by Crippen LogP contribution is 2.28. The molecule has 30 heavy (non-hydrogen) atoms. The van der Waals surface area contributed by atoms with Crippen LogP contribution in [0.3, 0.4) is 0 Å². The van der Waals surface area contributed by atoms with Crippen LogP contribution in [0.4, 0.5) is 0 Å². The molecule has 0 spiro atoms. The van der Waals surface area contributed by atoms with E-state index in [-0.39, 0.29) is 0 Å². The van der Waals surface area contributed by atoms with Crippen molar-refractivity contribution >= 4 is 11.9 Å². The lowest BCUT2D eigenvalue weighted by Crippen LogP contribution is -2.60. The second kappa shape index (κ2) is 9.23. The van der Waals surface area contributed by atoms with E-state index in [0.717, 1.165) is 0 Å². The number of para-hydroxylation sites is 1. The molecule has 3 rings (SSSR count). The van der Waals surface area contributed by atoms with Crippen LogP contribution in [0.25, 0.3) is 0 Å². The van der Waals surface area contributed by atoms with E-state index in [9.17, 15) is 24.9 Å². The molecule has 2 aromatic rings. The summed E-state index contributed by atoms with van der Waals surface area (Å²) in [5.74, 6) is -2.07. The number of aliphatic hydroxyl groups is 3. The number of carbonyl (C=O) groups excluding carboxylic acids is 1. The highest BCUT2D eigenvalue weighted by atomic mass is 16.7. The van der Waals surface area contributed by atoms with Crippen LogP contribution in [0.15, 0.2) is 54.6 Å². The minimum atomic E-state index is -1.86. The molecule has 1 aliphatic rings. The summed E-state index contributed by atoms with van der Waals surface area (Å²) in [7, 11) is 0. The summed E-state index contributed by atoms with van der Waals surface area (Å²) in [6.45, 7) is 1.55. The van der Waals surface area contributed by atoms with Gasteiger partial charge in [-0.05, 0) is 36.8 Å². The number of hydrogen-bond acceptors (Lipinski definition) is 8. The quantitative estimate of drug-likeness (QED) is 0.506. The third kappa shape index (κ3) is 4.77. The molecule has 0 saturated carbocycles. The number of aliphatic carboxylic acids is 1. The lowest BCUT2D eigenvalue weighted by molar-refractivity contribution is -0.286. The molecule has 0 aromatic heterocycles. The molecule has 1 heterocycles. The molecule has 160 valence electrons. The summed E-state index contributed by atoms with van der Waals surface area (Å²) in [6.07, 6.45) is -9.12. The van der Waals surface area contributed by atoms with E-state index in [1.165, 1.54) is 0 Å². The zero-order valence-corrected chi connectivity index (χ0v) is 16.0. The Morgan fingerprint density at radius 1 is 0.933 bits per heavy atom. The van der Waals surface area contributed by atoms with Crippen LogP contribution >= 0.6 is 0 Å². The van der Waals surface area contributed by atoms with Crippen molar-refractivity contribution in [3.8, 4) is 11.5 Å². The van der Waals surface area contributed by atoms with Gasteiger partial charge in [0.2, 0.25) is 6.29 Å². The number of aliphatic hydroxyl groups excluding tert-OH is 3. The van der Waals surface area contributed by atoms with Crippen molar-refractivity contribution in [2.75, 3.05) is 0 Å². The average Bonchev–Trinajstić information content (AvgIpc) is 2.74. The first-order valence-corrected chi connectivity index (χ1v) is 9.23. The molecule has 1 aliphatic heterocycles. The molecular weight excluding hydrogens is 396 g/mol. The molecule has 0 amide bonds. The van der Waals surface area contributed by atoms with Crippen LogP contribution in [0.2, 0.25) is 0 Å². The number of carboxylic acid groups (broad SMARTS) is 1. The van der Waals surface area contributed by atoms with Crippen LogP contribution in [0.5, 0.6) is 11.5 Å². The Balaban J connectivity index is 1.69. The maximum atomic E-state index is 12.5. The van der Waals surface area contributed by atoms with Gasteiger partial charge in [-0.2, -0.15) is 0 Å². The molecule has 2 aromatic carbocycles. The van der Waals surface area contributed by atoms with Gasteiger partial charge in [-0.25, -0.2) is 4.79 Å². The van der Waals surface area contributed by atoms with Crippen LogP contribution in [0.1, 0.15) is 18.4 Å². The lowest BCUT2D eigenvalue weighted by Gasteiger charge is -2.38. The normalized spacial score (nSPS) is 27.1. The zero-order chi connectivity index (χ0) is 21.8. The average molecular weight is 418 g/mol. The highest BCUT2D eigenvalue weighted by Gasteiger charge is 2.48. The smallest absolute Gasteiger partial charge is 0.335 e. The molecule has 6 unspecified atom stereocenters. The Hall–Kier alpha value is -2.98. The summed E-state index contributed by atoms with van der Waals surface area (Å²) in [4.78, 5) is 23.7. The molecule has 6 atom stereocenters. The molecule has 0 radical (unpaired) electrons. The molecule has 0 bridgehead atoms. The van der Waals surface area contributed by atoms with Gasteiger partial charge in [0.05, 0.1) is 5.92 Å². The second-order valence-electron chi connectivity index (χ2n) is 6.88. The largest absolute Gasteiger partial charge is 0.479 e. The zero-order valence-electron chi connectivity index (χ0n) is 16.0. The maximum Gasteiger partial charge on any atom is 0.335 e. The van der Waals surface area contributed by atoms with Crippen molar-refractivity contribution in [3.05, 3.63) is 60.2 Å². The van der Waals surface area contributed by atoms with E-state index < -0.39 is 48.6 Å². The molecule has 1 saturated heterocycles. The summed E-state index contributed by atoms with van der Waals surface area (Å²) in [5, 5.41) is 38.6. The van der Waals surface area contributed by atoms with E-state index in [1.54, 1.807) is 43.3 Å². The summed E-state index contributed by atoms with van der Waals surface area (Å²) < 4.78 is 15.8. The van der Waals surface area contributed by atoms with Crippen molar-refractivity contribution in [3.63, 3.8) is 0 Å². The number of esters is 1. The third-order valence-electron chi connectivity index (χ3n) is 4.74. The first kappa shape index (κ1) is 21.7. The van der Waals surface area contributed by atoms with Crippen molar-refractivity contribution in [2.24, 2.45) is 0 Å². The van der Waals surface area contributed by atoms with Gasteiger partial charge in [0, 0.05) is 0 Å². The van der Waals surface area contributed by atoms with E-state index in [4.69, 9.17) is 19.3 Å². The van der Waals surface area contributed by atoms with Gasteiger partial charge < -0.3 is 34.6 Å².